The summed E-state index contributed by atoms with van der Waals surface area (Å²) in [6, 6.07) is 5.95. The summed E-state index contributed by atoms with van der Waals surface area (Å²) in [4.78, 5) is 8.42. The summed E-state index contributed by atoms with van der Waals surface area (Å²) in [5.41, 5.74) is 2.14. The van der Waals surface area contributed by atoms with Crippen LogP contribution >= 0.6 is 15.9 Å². The smallest absolute Gasteiger partial charge is 0.227 e. The lowest BCUT2D eigenvalue weighted by atomic mass is 10.2. The fourth-order valence-electron chi connectivity index (χ4n) is 1.81. The van der Waals surface area contributed by atoms with Gasteiger partial charge in [0.1, 0.15) is 17.9 Å². The van der Waals surface area contributed by atoms with Crippen molar-refractivity contribution in [3.63, 3.8) is 0 Å². The number of hydrogen-bond donors (Lipinski definition) is 1. The fourth-order valence-corrected chi connectivity index (χ4v) is 2.39. The van der Waals surface area contributed by atoms with Gasteiger partial charge in [-0.2, -0.15) is 0 Å². The minimum Gasteiger partial charge on any atom is -0.437 e. The van der Waals surface area contributed by atoms with E-state index in [2.05, 4.69) is 38.1 Å². The van der Waals surface area contributed by atoms with Crippen LogP contribution < -0.4 is 10.1 Å². The SMILES string of the molecule is CCc1c(NC)ncnc1Oc1ccc(C)cc1Br. The molecule has 0 radical (unpaired) electrons. The van der Waals surface area contributed by atoms with Gasteiger partial charge in [-0.05, 0) is 47.0 Å². The molecule has 0 saturated carbocycles. The molecule has 0 aliphatic rings. The van der Waals surface area contributed by atoms with Gasteiger partial charge in [-0.3, -0.25) is 0 Å². The van der Waals surface area contributed by atoms with Crippen molar-refractivity contribution in [2.45, 2.75) is 20.3 Å². The number of benzene rings is 1. The maximum absolute atomic E-state index is 5.89. The number of ether oxygens (including phenoxy) is 1. The molecule has 1 aromatic heterocycles. The highest BCUT2D eigenvalue weighted by Gasteiger charge is 2.12. The molecular weight excluding hydrogens is 306 g/mol. The van der Waals surface area contributed by atoms with E-state index in [1.54, 1.807) is 0 Å². The van der Waals surface area contributed by atoms with Crippen LogP contribution in [0.4, 0.5) is 5.82 Å². The molecule has 0 saturated heterocycles. The zero-order valence-electron chi connectivity index (χ0n) is 11.2. The zero-order chi connectivity index (χ0) is 13.8. The molecule has 4 nitrogen and oxygen atoms in total. The van der Waals surface area contributed by atoms with Crippen molar-refractivity contribution >= 4 is 21.7 Å². The maximum Gasteiger partial charge on any atom is 0.227 e. The second kappa shape index (κ2) is 6.02. The van der Waals surface area contributed by atoms with Gasteiger partial charge in [0, 0.05) is 7.05 Å². The Morgan fingerprint density at radius 3 is 2.74 bits per heavy atom. The molecule has 0 fully saturated rings. The van der Waals surface area contributed by atoms with E-state index in [1.807, 2.05) is 32.2 Å². The summed E-state index contributed by atoms with van der Waals surface area (Å²) in [7, 11) is 1.84. The Balaban J connectivity index is 2.37. The van der Waals surface area contributed by atoms with E-state index < -0.39 is 0 Å². The van der Waals surface area contributed by atoms with Gasteiger partial charge in [-0.15, -0.1) is 0 Å². The minimum absolute atomic E-state index is 0.589. The molecule has 0 atom stereocenters. The molecule has 1 aromatic carbocycles. The van der Waals surface area contributed by atoms with E-state index in [9.17, 15) is 0 Å². The fraction of sp³-hybridized carbons (Fsp3) is 0.286. The largest absolute Gasteiger partial charge is 0.437 e. The molecule has 0 aliphatic heterocycles. The second-order valence-corrected chi connectivity index (χ2v) is 5.00. The van der Waals surface area contributed by atoms with Crippen molar-refractivity contribution in [2.24, 2.45) is 0 Å². The van der Waals surface area contributed by atoms with Crippen LogP contribution in [0.25, 0.3) is 0 Å². The number of anilines is 1. The van der Waals surface area contributed by atoms with E-state index in [1.165, 1.54) is 11.9 Å². The van der Waals surface area contributed by atoms with E-state index in [0.717, 1.165) is 28.0 Å². The predicted octanol–water partition coefficient (Wildman–Crippen LogP) is 3.94. The highest BCUT2D eigenvalue weighted by Crippen LogP contribution is 2.32. The van der Waals surface area contributed by atoms with Crippen LogP contribution in [0.1, 0.15) is 18.1 Å². The molecule has 1 N–H and O–H groups in total. The summed E-state index contributed by atoms with van der Waals surface area (Å²) in [6.45, 7) is 4.09. The van der Waals surface area contributed by atoms with Crippen LogP contribution in [-0.4, -0.2) is 17.0 Å². The normalized spacial score (nSPS) is 10.3. The van der Waals surface area contributed by atoms with Crippen molar-refractivity contribution in [3.8, 4) is 11.6 Å². The molecule has 1 heterocycles. The van der Waals surface area contributed by atoms with Crippen LogP contribution in [0.5, 0.6) is 11.6 Å². The lowest BCUT2D eigenvalue weighted by Crippen LogP contribution is -2.02. The minimum atomic E-state index is 0.589. The van der Waals surface area contributed by atoms with Gasteiger partial charge in [0.05, 0.1) is 10.0 Å². The lowest BCUT2D eigenvalue weighted by molar-refractivity contribution is 0.453. The van der Waals surface area contributed by atoms with Gasteiger partial charge >= 0.3 is 0 Å². The van der Waals surface area contributed by atoms with Crippen molar-refractivity contribution < 1.29 is 4.74 Å². The Morgan fingerprint density at radius 1 is 1.32 bits per heavy atom. The van der Waals surface area contributed by atoms with Gasteiger partial charge in [-0.25, -0.2) is 9.97 Å². The predicted molar refractivity (Wildman–Crippen MR) is 79.9 cm³/mol. The molecule has 0 unspecified atom stereocenters. The number of aryl methyl sites for hydroxylation is 1. The molecule has 2 rings (SSSR count). The number of aromatic nitrogens is 2. The number of halogens is 1. The molecule has 0 amide bonds. The average Bonchev–Trinajstić information content (AvgIpc) is 2.41. The van der Waals surface area contributed by atoms with Crippen LogP contribution in [0.2, 0.25) is 0 Å². The first-order valence-electron chi connectivity index (χ1n) is 6.11. The molecular formula is C14H16BrN3O. The topological polar surface area (TPSA) is 47.0 Å². The van der Waals surface area contributed by atoms with Crippen LogP contribution in [0.15, 0.2) is 29.0 Å². The summed E-state index contributed by atoms with van der Waals surface area (Å²) < 4.78 is 6.81. The van der Waals surface area contributed by atoms with Gasteiger partial charge in [0.25, 0.3) is 0 Å². The van der Waals surface area contributed by atoms with Crippen molar-refractivity contribution in [3.05, 3.63) is 40.1 Å². The van der Waals surface area contributed by atoms with Crippen LogP contribution in [0, 0.1) is 6.92 Å². The van der Waals surface area contributed by atoms with E-state index in [4.69, 9.17) is 4.74 Å². The first-order valence-corrected chi connectivity index (χ1v) is 6.90. The Labute approximate surface area is 121 Å². The second-order valence-electron chi connectivity index (χ2n) is 4.15. The number of nitrogens with zero attached hydrogens (tertiary/aromatic N) is 2. The molecule has 19 heavy (non-hydrogen) atoms. The summed E-state index contributed by atoms with van der Waals surface area (Å²) in [5, 5.41) is 3.05. The standard InChI is InChI=1S/C14H16BrN3O/c1-4-10-13(16-3)17-8-18-14(10)19-12-6-5-9(2)7-11(12)15/h5-8H,4H2,1-3H3,(H,16,17,18). The van der Waals surface area contributed by atoms with Crippen molar-refractivity contribution in [1.29, 1.82) is 0 Å². The van der Waals surface area contributed by atoms with Gasteiger partial charge in [0.2, 0.25) is 5.88 Å². The lowest BCUT2D eigenvalue weighted by Gasteiger charge is -2.13. The quantitative estimate of drug-likeness (QED) is 0.926. The average molecular weight is 322 g/mol. The molecule has 100 valence electrons. The molecule has 2 aromatic rings. The zero-order valence-corrected chi connectivity index (χ0v) is 12.8. The molecule has 5 heteroatoms. The third kappa shape index (κ3) is 3.04. The van der Waals surface area contributed by atoms with Gasteiger partial charge in [-0.1, -0.05) is 13.0 Å². The van der Waals surface area contributed by atoms with Gasteiger partial charge in [0.15, 0.2) is 0 Å². The Bertz CT molecular complexity index is 587. The van der Waals surface area contributed by atoms with E-state index >= 15 is 0 Å². The Hall–Kier alpha value is -1.62. The molecule has 0 spiro atoms. The number of hydrogen-bond acceptors (Lipinski definition) is 4. The monoisotopic (exact) mass is 321 g/mol. The van der Waals surface area contributed by atoms with E-state index in [-0.39, 0.29) is 0 Å². The molecule has 0 aliphatic carbocycles. The van der Waals surface area contributed by atoms with Crippen molar-refractivity contribution in [2.75, 3.05) is 12.4 Å². The van der Waals surface area contributed by atoms with Crippen LogP contribution in [0.3, 0.4) is 0 Å². The number of nitrogens with one attached hydrogen (secondary N) is 1. The highest BCUT2D eigenvalue weighted by atomic mass is 79.9. The highest BCUT2D eigenvalue weighted by molar-refractivity contribution is 9.10. The van der Waals surface area contributed by atoms with Crippen LogP contribution in [-0.2, 0) is 6.42 Å². The third-order valence-electron chi connectivity index (χ3n) is 2.79. The van der Waals surface area contributed by atoms with E-state index in [0.29, 0.717) is 5.88 Å². The Morgan fingerprint density at radius 2 is 2.11 bits per heavy atom. The Kier molecular flexibility index (Phi) is 4.37. The van der Waals surface area contributed by atoms with Gasteiger partial charge < -0.3 is 10.1 Å². The summed E-state index contributed by atoms with van der Waals surface area (Å²) in [5.74, 6) is 2.14. The number of rotatable bonds is 4. The maximum atomic E-state index is 5.89. The first kappa shape index (κ1) is 13.8. The molecule has 0 bridgehead atoms. The third-order valence-corrected chi connectivity index (χ3v) is 3.41. The van der Waals surface area contributed by atoms with Crippen molar-refractivity contribution in [1.82, 2.24) is 9.97 Å². The summed E-state index contributed by atoms with van der Waals surface area (Å²) in [6.07, 6.45) is 2.30. The first-order chi connectivity index (χ1) is 9.15. The summed E-state index contributed by atoms with van der Waals surface area (Å²) >= 11 is 3.50.